The Hall–Kier alpha value is 0.0800. The standard InChI is InChI=1S/C10H20FO3P/c1-2-13-15(11,12)14-9-5-8-10-6-3-4-7-10/h10H,2-9H2,1H3. The molecular weight excluding hydrogens is 218 g/mol. The van der Waals surface area contributed by atoms with Crippen molar-refractivity contribution in [3.05, 3.63) is 0 Å². The molecule has 0 aromatic rings. The largest absolute Gasteiger partial charge is 0.513 e. The molecule has 0 heterocycles. The lowest BCUT2D eigenvalue weighted by molar-refractivity contribution is 0.176. The Kier molecular flexibility index (Phi) is 5.80. The maximum absolute atomic E-state index is 12.9. The van der Waals surface area contributed by atoms with Gasteiger partial charge in [0, 0.05) is 0 Å². The fraction of sp³-hybridized carbons (Fsp3) is 1.00. The summed E-state index contributed by atoms with van der Waals surface area (Å²) in [6, 6.07) is 0. The Morgan fingerprint density at radius 1 is 1.33 bits per heavy atom. The van der Waals surface area contributed by atoms with Crippen molar-refractivity contribution in [2.45, 2.75) is 45.4 Å². The van der Waals surface area contributed by atoms with E-state index in [2.05, 4.69) is 9.05 Å². The predicted molar refractivity (Wildman–Crippen MR) is 57.5 cm³/mol. The zero-order valence-corrected chi connectivity index (χ0v) is 10.2. The predicted octanol–water partition coefficient (Wildman–Crippen LogP) is 4.09. The smallest absolute Gasteiger partial charge is 0.284 e. The molecular formula is C10H20FO3P. The highest BCUT2D eigenvalue weighted by Crippen LogP contribution is 2.49. The molecule has 1 rings (SSSR count). The lowest BCUT2D eigenvalue weighted by Crippen LogP contribution is -1.98. The van der Waals surface area contributed by atoms with Crippen molar-refractivity contribution in [3.8, 4) is 0 Å². The highest BCUT2D eigenvalue weighted by molar-refractivity contribution is 7.48. The summed E-state index contributed by atoms with van der Waals surface area (Å²) < 4.78 is 32.8. The molecule has 0 aromatic heterocycles. The molecule has 1 unspecified atom stereocenters. The molecule has 1 aliphatic rings. The highest BCUT2D eigenvalue weighted by atomic mass is 31.2. The van der Waals surface area contributed by atoms with E-state index in [0.29, 0.717) is 0 Å². The first-order valence-corrected chi connectivity index (χ1v) is 7.16. The monoisotopic (exact) mass is 238 g/mol. The van der Waals surface area contributed by atoms with Crippen LogP contribution in [-0.4, -0.2) is 13.2 Å². The first-order valence-electron chi connectivity index (χ1n) is 5.73. The van der Waals surface area contributed by atoms with Crippen LogP contribution in [0.1, 0.15) is 45.4 Å². The van der Waals surface area contributed by atoms with Gasteiger partial charge in [0.2, 0.25) is 0 Å². The third-order valence-corrected chi connectivity index (χ3v) is 3.82. The molecule has 1 aliphatic carbocycles. The van der Waals surface area contributed by atoms with Gasteiger partial charge in [-0.3, -0.25) is 9.05 Å². The summed E-state index contributed by atoms with van der Waals surface area (Å²) in [5.74, 6) is 0.764. The van der Waals surface area contributed by atoms with Crippen LogP contribution in [0.25, 0.3) is 0 Å². The second-order valence-electron chi connectivity index (χ2n) is 3.97. The molecule has 3 nitrogen and oxygen atoms in total. The first-order chi connectivity index (χ1) is 7.14. The minimum absolute atomic E-state index is 0.0798. The fourth-order valence-electron chi connectivity index (χ4n) is 2.04. The van der Waals surface area contributed by atoms with Gasteiger partial charge in [-0.25, -0.2) is 4.57 Å². The highest BCUT2D eigenvalue weighted by Gasteiger charge is 2.23. The molecule has 0 aliphatic heterocycles. The van der Waals surface area contributed by atoms with Crippen molar-refractivity contribution in [2.24, 2.45) is 5.92 Å². The average Bonchev–Trinajstić information content (AvgIpc) is 2.65. The van der Waals surface area contributed by atoms with Crippen LogP contribution in [0.4, 0.5) is 4.20 Å². The Labute approximate surface area is 91.0 Å². The van der Waals surface area contributed by atoms with E-state index >= 15 is 0 Å². The number of rotatable bonds is 7. The van der Waals surface area contributed by atoms with Crippen LogP contribution in [0.15, 0.2) is 0 Å². The van der Waals surface area contributed by atoms with Gasteiger partial charge in [0.15, 0.2) is 0 Å². The maximum Gasteiger partial charge on any atom is 0.513 e. The molecule has 0 amide bonds. The molecule has 90 valence electrons. The van der Waals surface area contributed by atoms with Gasteiger partial charge in [-0.15, -0.1) is 4.20 Å². The van der Waals surface area contributed by atoms with Crippen molar-refractivity contribution in [1.29, 1.82) is 0 Å². The van der Waals surface area contributed by atoms with E-state index in [4.69, 9.17) is 0 Å². The van der Waals surface area contributed by atoms with Crippen molar-refractivity contribution in [3.63, 3.8) is 0 Å². The molecule has 1 saturated carbocycles. The third kappa shape index (κ3) is 5.64. The Morgan fingerprint density at radius 3 is 2.60 bits per heavy atom. The topological polar surface area (TPSA) is 35.5 Å². The van der Waals surface area contributed by atoms with Gasteiger partial charge >= 0.3 is 7.91 Å². The van der Waals surface area contributed by atoms with Gasteiger partial charge in [-0.1, -0.05) is 25.7 Å². The summed E-state index contributed by atoms with van der Waals surface area (Å²) in [7, 11) is -4.25. The Morgan fingerprint density at radius 2 is 2.00 bits per heavy atom. The SMILES string of the molecule is CCOP(=O)(F)OCCCC1CCCC1. The van der Waals surface area contributed by atoms with Gasteiger partial charge in [-0.05, 0) is 25.7 Å². The Balaban J connectivity index is 2.02. The first kappa shape index (κ1) is 13.1. The van der Waals surface area contributed by atoms with E-state index in [9.17, 15) is 8.76 Å². The minimum Gasteiger partial charge on any atom is -0.284 e. The van der Waals surface area contributed by atoms with Crippen LogP contribution in [-0.2, 0) is 13.6 Å². The average molecular weight is 238 g/mol. The molecule has 15 heavy (non-hydrogen) atoms. The number of hydrogen-bond acceptors (Lipinski definition) is 3. The van der Waals surface area contributed by atoms with Crippen molar-refractivity contribution < 1.29 is 17.8 Å². The van der Waals surface area contributed by atoms with Gasteiger partial charge in [-0.2, -0.15) is 0 Å². The number of hydrogen-bond donors (Lipinski definition) is 0. The molecule has 0 bridgehead atoms. The van der Waals surface area contributed by atoms with Crippen LogP contribution in [0, 0.1) is 5.92 Å². The van der Waals surface area contributed by atoms with Gasteiger partial charge in [0.25, 0.3) is 0 Å². The summed E-state index contributed by atoms with van der Waals surface area (Å²) >= 11 is 0. The lowest BCUT2D eigenvalue weighted by Gasteiger charge is -2.10. The van der Waals surface area contributed by atoms with Crippen molar-refractivity contribution >= 4 is 7.91 Å². The van der Waals surface area contributed by atoms with Crippen molar-refractivity contribution in [2.75, 3.05) is 13.2 Å². The molecule has 0 aromatic carbocycles. The van der Waals surface area contributed by atoms with Crippen molar-refractivity contribution in [1.82, 2.24) is 0 Å². The summed E-state index contributed by atoms with van der Waals surface area (Å²) in [6.07, 6.45) is 6.99. The number of halogens is 1. The van der Waals surface area contributed by atoms with Gasteiger partial charge < -0.3 is 0 Å². The van der Waals surface area contributed by atoms with Crippen LogP contribution >= 0.6 is 7.91 Å². The van der Waals surface area contributed by atoms with E-state index < -0.39 is 7.91 Å². The van der Waals surface area contributed by atoms with E-state index in [1.165, 1.54) is 25.7 Å². The van der Waals surface area contributed by atoms with E-state index in [0.717, 1.165) is 18.8 Å². The molecule has 0 saturated heterocycles. The third-order valence-electron chi connectivity index (χ3n) is 2.76. The van der Waals surface area contributed by atoms with Crippen LogP contribution in [0.5, 0.6) is 0 Å². The minimum atomic E-state index is -4.25. The van der Waals surface area contributed by atoms with Crippen LogP contribution in [0.2, 0.25) is 0 Å². The van der Waals surface area contributed by atoms with Gasteiger partial charge in [0.05, 0.1) is 13.2 Å². The zero-order valence-electron chi connectivity index (χ0n) is 9.28. The second-order valence-corrected chi connectivity index (χ2v) is 5.35. The summed E-state index contributed by atoms with van der Waals surface area (Å²) in [5, 5.41) is 0. The normalized spacial score (nSPS) is 21.7. The van der Waals surface area contributed by atoms with E-state index in [1.54, 1.807) is 6.92 Å². The molecule has 1 atom stereocenters. The van der Waals surface area contributed by atoms with E-state index in [-0.39, 0.29) is 13.2 Å². The fourth-order valence-corrected chi connectivity index (χ4v) is 2.77. The molecule has 0 N–H and O–H groups in total. The van der Waals surface area contributed by atoms with Crippen LogP contribution < -0.4 is 0 Å². The van der Waals surface area contributed by atoms with Gasteiger partial charge in [0.1, 0.15) is 0 Å². The molecule has 1 fully saturated rings. The summed E-state index contributed by atoms with van der Waals surface area (Å²) in [6.45, 7) is 1.87. The molecule has 0 radical (unpaired) electrons. The summed E-state index contributed by atoms with van der Waals surface area (Å²) in [5.41, 5.74) is 0. The van der Waals surface area contributed by atoms with Crippen LogP contribution in [0.3, 0.4) is 0 Å². The molecule has 5 heteroatoms. The Bertz CT molecular complexity index is 217. The zero-order chi connectivity index (χ0) is 11.1. The maximum atomic E-state index is 12.9. The second kappa shape index (κ2) is 6.62. The lowest BCUT2D eigenvalue weighted by atomic mass is 10.0. The quantitative estimate of drug-likeness (QED) is 0.495. The summed E-state index contributed by atoms with van der Waals surface area (Å²) in [4.78, 5) is 0. The molecule has 0 spiro atoms. The van der Waals surface area contributed by atoms with E-state index in [1.807, 2.05) is 0 Å².